The minimum absolute atomic E-state index is 0.339. The monoisotopic (exact) mass is 282 g/mol. The fourth-order valence-corrected chi connectivity index (χ4v) is 3.52. The van der Waals surface area contributed by atoms with Crippen LogP contribution in [0.15, 0.2) is 0 Å². The third-order valence-electron chi connectivity index (χ3n) is 4.84. The molecule has 1 N–H and O–H groups in total. The molecule has 2 unspecified atom stereocenters. The van der Waals surface area contributed by atoms with Crippen LogP contribution in [0.5, 0.6) is 0 Å². The molecule has 0 amide bonds. The Bertz CT molecular complexity index is 301. The van der Waals surface area contributed by atoms with Crippen LogP contribution in [-0.4, -0.2) is 48.8 Å². The van der Waals surface area contributed by atoms with Gasteiger partial charge in [0.1, 0.15) is 0 Å². The number of ether oxygens (including phenoxy) is 1. The molecule has 1 saturated carbocycles. The van der Waals surface area contributed by atoms with Crippen molar-refractivity contribution in [2.75, 3.05) is 26.2 Å². The van der Waals surface area contributed by atoms with Crippen LogP contribution in [0.25, 0.3) is 0 Å². The molecule has 0 bridgehead atoms. The van der Waals surface area contributed by atoms with E-state index in [1.807, 2.05) is 0 Å². The van der Waals surface area contributed by atoms with Crippen molar-refractivity contribution in [3.05, 3.63) is 0 Å². The lowest BCUT2D eigenvalue weighted by atomic mass is 9.89. The van der Waals surface area contributed by atoms with Gasteiger partial charge in [-0.05, 0) is 51.9 Å². The van der Waals surface area contributed by atoms with E-state index in [2.05, 4.69) is 44.8 Å². The Morgan fingerprint density at radius 3 is 2.50 bits per heavy atom. The van der Waals surface area contributed by atoms with Gasteiger partial charge in [0, 0.05) is 31.2 Å². The van der Waals surface area contributed by atoms with Crippen LogP contribution in [0.4, 0.5) is 0 Å². The Kier molecular flexibility index (Phi) is 5.49. The second-order valence-electron chi connectivity index (χ2n) is 7.75. The highest BCUT2D eigenvalue weighted by atomic mass is 16.5. The normalized spacial score (nSPS) is 32.2. The first kappa shape index (κ1) is 16.3. The summed E-state index contributed by atoms with van der Waals surface area (Å²) in [6, 6.07) is 0.678. The summed E-state index contributed by atoms with van der Waals surface area (Å²) in [7, 11) is 0. The number of piperazine rings is 1. The maximum atomic E-state index is 5.78. The first-order chi connectivity index (χ1) is 9.40. The number of hydrogen-bond donors (Lipinski definition) is 1. The highest BCUT2D eigenvalue weighted by Gasteiger charge is 2.45. The van der Waals surface area contributed by atoms with E-state index in [1.54, 1.807) is 0 Å². The summed E-state index contributed by atoms with van der Waals surface area (Å²) < 4.78 is 5.78. The highest BCUT2D eigenvalue weighted by Crippen LogP contribution is 2.41. The molecule has 3 nitrogen and oxygen atoms in total. The van der Waals surface area contributed by atoms with Gasteiger partial charge in [-0.15, -0.1) is 0 Å². The summed E-state index contributed by atoms with van der Waals surface area (Å²) in [5.41, 5.74) is 0.339. The lowest BCUT2D eigenvalue weighted by molar-refractivity contribution is 0.0149. The van der Waals surface area contributed by atoms with Gasteiger partial charge < -0.3 is 10.1 Å². The maximum Gasteiger partial charge on any atom is 0.0597 e. The van der Waals surface area contributed by atoms with Gasteiger partial charge in [0.15, 0.2) is 0 Å². The zero-order valence-electron chi connectivity index (χ0n) is 14.1. The molecule has 1 saturated heterocycles. The molecule has 0 aromatic heterocycles. The quantitative estimate of drug-likeness (QED) is 0.777. The van der Waals surface area contributed by atoms with Crippen molar-refractivity contribution in [1.29, 1.82) is 0 Å². The average molecular weight is 282 g/mol. The van der Waals surface area contributed by atoms with Crippen LogP contribution < -0.4 is 5.32 Å². The molecular weight excluding hydrogens is 248 g/mol. The molecule has 0 aromatic carbocycles. The van der Waals surface area contributed by atoms with Gasteiger partial charge in [-0.3, -0.25) is 4.90 Å². The average Bonchev–Trinajstić information content (AvgIpc) is 3.16. The van der Waals surface area contributed by atoms with Gasteiger partial charge in [0.25, 0.3) is 0 Å². The smallest absolute Gasteiger partial charge is 0.0597 e. The van der Waals surface area contributed by atoms with Gasteiger partial charge in [0.05, 0.1) is 12.7 Å². The van der Waals surface area contributed by atoms with Gasteiger partial charge in [0.2, 0.25) is 0 Å². The van der Waals surface area contributed by atoms with Crippen molar-refractivity contribution in [2.24, 2.45) is 11.8 Å². The molecule has 118 valence electrons. The Hall–Kier alpha value is -0.120. The van der Waals surface area contributed by atoms with E-state index in [9.17, 15) is 0 Å². The Balaban J connectivity index is 1.91. The fraction of sp³-hybridized carbons (Fsp3) is 1.00. The third kappa shape index (κ3) is 4.44. The summed E-state index contributed by atoms with van der Waals surface area (Å²) in [5, 5.41) is 3.86. The molecule has 1 heterocycles. The minimum Gasteiger partial charge on any atom is -0.377 e. The molecule has 0 spiro atoms. The maximum absolute atomic E-state index is 5.78. The van der Waals surface area contributed by atoms with Gasteiger partial charge in [-0.2, -0.15) is 0 Å². The predicted octanol–water partition coefficient (Wildman–Crippen LogP) is 2.90. The standard InChI is InChI=1S/C17H34N2O/c1-13(2)10-16-11-18-17(5,15-6-7-15)12-19(16)8-9-20-14(3)4/h13-16,18H,6-12H2,1-5H3. The molecule has 3 heteroatoms. The van der Waals surface area contributed by atoms with E-state index < -0.39 is 0 Å². The Morgan fingerprint density at radius 1 is 1.25 bits per heavy atom. The van der Waals surface area contributed by atoms with Gasteiger partial charge in [-0.25, -0.2) is 0 Å². The first-order valence-corrected chi connectivity index (χ1v) is 8.51. The largest absolute Gasteiger partial charge is 0.377 e. The molecule has 1 aliphatic carbocycles. The summed E-state index contributed by atoms with van der Waals surface area (Å²) in [6.45, 7) is 15.6. The SMILES string of the molecule is CC(C)CC1CNC(C)(C2CC2)CN1CCOC(C)C. The summed E-state index contributed by atoms with van der Waals surface area (Å²) >= 11 is 0. The molecule has 20 heavy (non-hydrogen) atoms. The predicted molar refractivity (Wildman–Crippen MR) is 85.0 cm³/mol. The van der Waals surface area contributed by atoms with E-state index in [0.29, 0.717) is 17.7 Å². The Morgan fingerprint density at radius 2 is 1.95 bits per heavy atom. The van der Waals surface area contributed by atoms with Crippen molar-refractivity contribution in [1.82, 2.24) is 10.2 Å². The topological polar surface area (TPSA) is 24.5 Å². The zero-order chi connectivity index (χ0) is 14.8. The third-order valence-corrected chi connectivity index (χ3v) is 4.84. The minimum atomic E-state index is 0.339. The molecular formula is C17H34N2O. The van der Waals surface area contributed by atoms with Crippen LogP contribution in [-0.2, 0) is 4.74 Å². The van der Waals surface area contributed by atoms with Gasteiger partial charge >= 0.3 is 0 Å². The van der Waals surface area contributed by atoms with E-state index in [-0.39, 0.29) is 0 Å². The molecule has 0 radical (unpaired) electrons. The summed E-state index contributed by atoms with van der Waals surface area (Å²) in [6.07, 6.45) is 4.45. The molecule has 0 aromatic rings. The van der Waals surface area contributed by atoms with Crippen LogP contribution in [0, 0.1) is 11.8 Å². The molecule has 2 rings (SSSR count). The highest BCUT2D eigenvalue weighted by molar-refractivity contribution is 5.04. The number of nitrogens with zero attached hydrogens (tertiary/aromatic N) is 1. The van der Waals surface area contributed by atoms with Crippen molar-refractivity contribution < 1.29 is 4.74 Å². The van der Waals surface area contributed by atoms with Gasteiger partial charge in [-0.1, -0.05) is 13.8 Å². The molecule has 2 aliphatic rings. The van der Waals surface area contributed by atoms with E-state index in [0.717, 1.165) is 31.5 Å². The Labute approximate surface area is 125 Å². The van der Waals surface area contributed by atoms with Crippen LogP contribution in [0.1, 0.15) is 53.9 Å². The molecule has 2 fully saturated rings. The van der Waals surface area contributed by atoms with Crippen LogP contribution in [0.3, 0.4) is 0 Å². The van der Waals surface area contributed by atoms with Crippen molar-refractivity contribution in [2.45, 2.75) is 71.6 Å². The fourth-order valence-electron chi connectivity index (χ4n) is 3.52. The lowest BCUT2D eigenvalue weighted by Crippen LogP contribution is -2.64. The van der Waals surface area contributed by atoms with E-state index >= 15 is 0 Å². The molecule has 2 atom stereocenters. The second kappa shape index (κ2) is 6.76. The van der Waals surface area contributed by atoms with Crippen LogP contribution >= 0.6 is 0 Å². The van der Waals surface area contributed by atoms with E-state index in [1.165, 1.54) is 25.8 Å². The van der Waals surface area contributed by atoms with Crippen molar-refractivity contribution >= 4 is 0 Å². The molecule has 1 aliphatic heterocycles. The number of rotatable bonds is 7. The first-order valence-electron chi connectivity index (χ1n) is 8.51. The zero-order valence-corrected chi connectivity index (χ0v) is 14.1. The van der Waals surface area contributed by atoms with Crippen LogP contribution in [0.2, 0.25) is 0 Å². The second-order valence-corrected chi connectivity index (χ2v) is 7.75. The van der Waals surface area contributed by atoms with E-state index in [4.69, 9.17) is 4.74 Å². The van der Waals surface area contributed by atoms with Crippen molar-refractivity contribution in [3.63, 3.8) is 0 Å². The van der Waals surface area contributed by atoms with Crippen molar-refractivity contribution in [3.8, 4) is 0 Å². The summed E-state index contributed by atoms with van der Waals surface area (Å²) in [5.74, 6) is 1.66. The number of nitrogens with one attached hydrogen (secondary N) is 1. The lowest BCUT2D eigenvalue weighted by Gasteiger charge is -2.47. The summed E-state index contributed by atoms with van der Waals surface area (Å²) in [4.78, 5) is 2.69. The number of hydrogen-bond acceptors (Lipinski definition) is 3.